The molecule has 0 saturated carbocycles. The van der Waals surface area contributed by atoms with Gasteiger partial charge in [0, 0.05) is 12.8 Å². The number of halogens is 3. The number of carbonyl (C=O) groups excluding carboxylic acids is 1. The van der Waals surface area contributed by atoms with E-state index in [0.717, 1.165) is 25.7 Å². The molecule has 0 heterocycles. The summed E-state index contributed by atoms with van der Waals surface area (Å²) in [6.07, 6.45) is 3.30. The van der Waals surface area contributed by atoms with Crippen molar-refractivity contribution in [1.29, 1.82) is 0 Å². The van der Waals surface area contributed by atoms with Crippen molar-refractivity contribution in [1.82, 2.24) is 0 Å². The number of Topliss-reactive ketones (excluding diaryl/α,β-unsaturated/α-hetero) is 1. The number of unbranched alkanes of at least 4 members (excludes halogenated alkanes) is 3. The third-order valence-corrected chi connectivity index (χ3v) is 2.86. The molecule has 0 rings (SSSR count). The van der Waals surface area contributed by atoms with Gasteiger partial charge in [0.15, 0.2) is 0 Å². The minimum absolute atomic E-state index is 0.0510. The first-order valence-corrected chi connectivity index (χ1v) is 6.27. The maximum absolute atomic E-state index is 11.3. The average molecular weight is 276 g/mol. The fraction of sp³-hybridized carbons (Fsp3) is 0.900. The number of ketones is 1. The molecule has 0 radical (unpaired) electrons. The van der Waals surface area contributed by atoms with Crippen LogP contribution in [0.25, 0.3) is 0 Å². The first kappa shape index (κ1) is 15.5. The van der Waals surface area contributed by atoms with Crippen molar-refractivity contribution in [2.24, 2.45) is 0 Å². The topological polar surface area (TPSA) is 37.3 Å². The number of hydrogen-bond acceptors (Lipinski definition) is 2. The van der Waals surface area contributed by atoms with Crippen LogP contribution in [-0.4, -0.2) is 20.8 Å². The van der Waals surface area contributed by atoms with Gasteiger partial charge in [0.2, 0.25) is 3.79 Å². The molecule has 0 aromatic heterocycles. The number of carbonyl (C=O) groups is 1. The van der Waals surface area contributed by atoms with Crippen LogP contribution in [0.5, 0.6) is 0 Å². The van der Waals surface area contributed by atoms with E-state index in [1.807, 2.05) is 0 Å². The molecule has 0 bridgehead atoms. The summed E-state index contributed by atoms with van der Waals surface area (Å²) in [4.78, 5) is 11.3. The van der Waals surface area contributed by atoms with Gasteiger partial charge in [-0.1, -0.05) is 61.0 Å². The molecule has 5 heteroatoms. The Balaban J connectivity index is 3.65. The van der Waals surface area contributed by atoms with Gasteiger partial charge in [-0.2, -0.15) is 0 Å². The Kier molecular flexibility index (Phi) is 7.98. The molecule has 0 aromatic rings. The van der Waals surface area contributed by atoms with Crippen molar-refractivity contribution >= 4 is 40.6 Å². The van der Waals surface area contributed by atoms with E-state index in [4.69, 9.17) is 34.8 Å². The van der Waals surface area contributed by atoms with E-state index >= 15 is 0 Å². The molecule has 0 saturated heterocycles. The molecule has 0 aliphatic carbocycles. The molecule has 1 atom stereocenters. The zero-order chi connectivity index (χ0) is 11.9. The Morgan fingerprint density at radius 3 is 2.33 bits per heavy atom. The van der Waals surface area contributed by atoms with E-state index in [1.165, 1.54) is 0 Å². The van der Waals surface area contributed by atoms with Crippen molar-refractivity contribution < 1.29 is 9.90 Å². The maximum Gasteiger partial charge on any atom is 0.216 e. The Morgan fingerprint density at radius 2 is 1.87 bits per heavy atom. The summed E-state index contributed by atoms with van der Waals surface area (Å²) >= 11 is 16.3. The molecular weight excluding hydrogens is 258 g/mol. The number of aliphatic hydroxyl groups is 1. The SMILES string of the molecule is CCCCCCC(=O)CC(O)C(Cl)(Cl)Cl. The normalized spacial score (nSPS) is 13.9. The lowest BCUT2D eigenvalue weighted by molar-refractivity contribution is -0.121. The van der Waals surface area contributed by atoms with Crippen LogP contribution in [0.4, 0.5) is 0 Å². The summed E-state index contributed by atoms with van der Waals surface area (Å²) in [5, 5.41) is 9.34. The summed E-state index contributed by atoms with van der Waals surface area (Å²) in [7, 11) is 0. The fourth-order valence-corrected chi connectivity index (χ4v) is 1.41. The minimum Gasteiger partial charge on any atom is -0.388 e. The van der Waals surface area contributed by atoms with Gasteiger partial charge in [-0.15, -0.1) is 0 Å². The molecule has 90 valence electrons. The van der Waals surface area contributed by atoms with Crippen LogP contribution in [0.2, 0.25) is 0 Å². The summed E-state index contributed by atoms with van der Waals surface area (Å²) < 4.78 is -1.76. The van der Waals surface area contributed by atoms with E-state index < -0.39 is 9.90 Å². The largest absolute Gasteiger partial charge is 0.388 e. The molecule has 0 aliphatic rings. The zero-order valence-electron chi connectivity index (χ0n) is 8.81. The van der Waals surface area contributed by atoms with Gasteiger partial charge in [0.25, 0.3) is 0 Å². The highest BCUT2D eigenvalue weighted by Crippen LogP contribution is 2.32. The first-order chi connectivity index (χ1) is 6.88. The molecular formula is C10H17Cl3O2. The Labute approximate surface area is 106 Å². The summed E-state index contributed by atoms with van der Waals surface area (Å²) in [6.45, 7) is 2.11. The smallest absolute Gasteiger partial charge is 0.216 e. The van der Waals surface area contributed by atoms with Gasteiger partial charge < -0.3 is 5.11 Å². The van der Waals surface area contributed by atoms with E-state index in [1.54, 1.807) is 0 Å². The van der Waals surface area contributed by atoms with Gasteiger partial charge >= 0.3 is 0 Å². The van der Waals surface area contributed by atoms with Gasteiger partial charge in [0.05, 0.1) is 0 Å². The molecule has 15 heavy (non-hydrogen) atoms. The van der Waals surface area contributed by atoms with Crippen molar-refractivity contribution in [2.45, 2.75) is 55.3 Å². The lowest BCUT2D eigenvalue weighted by atomic mass is 10.1. The van der Waals surface area contributed by atoms with Gasteiger partial charge in [-0.05, 0) is 6.42 Å². The highest BCUT2D eigenvalue weighted by atomic mass is 35.6. The van der Waals surface area contributed by atoms with Crippen LogP contribution in [0, 0.1) is 0 Å². The maximum atomic E-state index is 11.3. The fourth-order valence-electron chi connectivity index (χ4n) is 1.18. The Bertz CT molecular complexity index is 190. The lowest BCUT2D eigenvalue weighted by Crippen LogP contribution is -2.27. The highest BCUT2D eigenvalue weighted by molar-refractivity contribution is 6.68. The van der Waals surface area contributed by atoms with Gasteiger partial charge in [-0.3, -0.25) is 4.79 Å². The Morgan fingerprint density at radius 1 is 1.27 bits per heavy atom. The Hall–Kier alpha value is 0.500. The molecule has 0 aromatic carbocycles. The van der Waals surface area contributed by atoms with Crippen LogP contribution in [-0.2, 0) is 4.79 Å². The first-order valence-electron chi connectivity index (χ1n) is 5.14. The van der Waals surface area contributed by atoms with Gasteiger partial charge in [-0.25, -0.2) is 0 Å². The van der Waals surface area contributed by atoms with E-state index in [2.05, 4.69) is 6.92 Å². The van der Waals surface area contributed by atoms with E-state index in [0.29, 0.717) is 6.42 Å². The van der Waals surface area contributed by atoms with Gasteiger partial charge in [0.1, 0.15) is 11.9 Å². The number of rotatable bonds is 7. The summed E-state index contributed by atoms with van der Waals surface area (Å²) in [6, 6.07) is 0. The molecule has 0 fully saturated rings. The van der Waals surface area contributed by atoms with Crippen LogP contribution in [0.3, 0.4) is 0 Å². The third-order valence-electron chi connectivity index (χ3n) is 2.11. The van der Waals surface area contributed by atoms with Crippen molar-refractivity contribution in [3.8, 4) is 0 Å². The third kappa shape index (κ3) is 8.32. The van der Waals surface area contributed by atoms with Crippen LogP contribution < -0.4 is 0 Å². The average Bonchev–Trinajstić information content (AvgIpc) is 2.11. The molecule has 1 unspecified atom stereocenters. The van der Waals surface area contributed by atoms with Crippen molar-refractivity contribution in [3.63, 3.8) is 0 Å². The molecule has 0 spiro atoms. The van der Waals surface area contributed by atoms with E-state index in [-0.39, 0.29) is 12.2 Å². The summed E-state index contributed by atoms with van der Waals surface area (Å²) in [5.41, 5.74) is 0. The minimum atomic E-state index is -1.76. The predicted octanol–water partition coefficient (Wildman–Crippen LogP) is 3.65. The van der Waals surface area contributed by atoms with Crippen LogP contribution in [0.1, 0.15) is 45.4 Å². The zero-order valence-corrected chi connectivity index (χ0v) is 11.1. The number of alkyl halides is 3. The second-order valence-corrected chi connectivity index (χ2v) is 5.98. The molecule has 1 N–H and O–H groups in total. The monoisotopic (exact) mass is 274 g/mol. The molecule has 0 amide bonds. The lowest BCUT2D eigenvalue weighted by Gasteiger charge is -2.17. The standard InChI is InChI=1S/C10H17Cl3O2/c1-2-3-4-5-6-8(14)7-9(15)10(11,12)13/h9,15H,2-7H2,1H3. The van der Waals surface area contributed by atoms with Crippen LogP contribution in [0.15, 0.2) is 0 Å². The number of hydrogen-bond donors (Lipinski definition) is 1. The molecule has 0 aliphatic heterocycles. The second kappa shape index (κ2) is 7.72. The predicted molar refractivity (Wildman–Crippen MR) is 64.7 cm³/mol. The highest BCUT2D eigenvalue weighted by Gasteiger charge is 2.32. The van der Waals surface area contributed by atoms with Crippen molar-refractivity contribution in [2.75, 3.05) is 0 Å². The quantitative estimate of drug-likeness (QED) is 0.569. The number of aliphatic hydroxyl groups excluding tert-OH is 1. The van der Waals surface area contributed by atoms with Crippen LogP contribution >= 0.6 is 34.8 Å². The second-order valence-electron chi connectivity index (χ2n) is 3.61. The van der Waals surface area contributed by atoms with Crippen molar-refractivity contribution in [3.05, 3.63) is 0 Å². The summed E-state index contributed by atoms with van der Waals surface area (Å²) in [5.74, 6) is -0.0510. The van der Waals surface area contributed by atoms with E-state index in [9.17, 15) is 9.90 Å². The molecule has 2 nitrogen and oxygen atoms in total.